The molecule has 0 aromatic carbocycles. The summed E-state index contributed by atoms with van der Waals surface area (Å²) in [4.78, 5) is 29.2. The predicted octanol–water partition coefficient (Wildman–Crippen LogP) is 3.08. The lowest BCUT2D eigenvalue weighted by molar-refractivity contribution is -0.145. The van der Waals surface area contributed by atoms with Crippen molar-refractivity contribution in [3.63, 3.8) is 0 Å². The van der Waals surface area contributed by atoms with Gasteiger partial charge in [0, 0.05) is 13.1 Å². The minimum Gasteiger partial charge on any atom is -0.372 e. The van der Waals surface area contributed by atoms with Crippen LogP contribution in [-0.4, -0.2) is 43.7 Å². The van der Waals surface area contributed by atoms with Crippen molar-refractivity contribution < 1.29 is 35.9 Å². The van der Waals surface area contributed by atoms with E-state index in [4.69, 9.17) is 4.74 Å². The van der Waals surface area contributed by atoms with Gasteiger partial charge in [-0.05, 0) is 19.4 Å². The van der Waals surface area contributed by atoms with Crippen molar-refractivity contribution in [3.8, 4) is 0 Å². The van der Waals surface area contributed by atoms with Crippen molar-refractivity contribution in [2.24, 2.45) is 0 Å². The number of ether oxygens (including phenoxy) is 1. The van der Waals surface area contributed by atoms with E-state index in [9.17, 15) is 35.9 Å². The number of nitrogens with one attached hydrogen (secondary N) is 1. The van der Waals surface area contributed by atoms with E-state index in [0.29, 0.717) is 6.07 Å². The Hall–Kier alpha value is -2.90. The third-order valence-electron chi connectivity index (χ3n) is 5.23. The van der Waals surface area contributed by atoms with E-state index in [1.807, 2.05) is 0 Å². The summed E-state index contributed by atoms with van der Waals surface area (Å²) in [7, 11) is 0. The molecular weight excluding hydrogens is 460 g/mol. The topological polar surface area (TPSA) is 93.1 Å². The molecule has 0 saturated heterocycles. The molecule has 1 atom stereocenters. The third-order valence-corrected chi connectivity index (χ3v) is 5.23. The van der Waals surface area contributed by atoms with Gasteiger partial charge in [-0.3, -0.25) is 9.59 Å². The fraction of sp³-hybridized carbons (Fsp3) is 0.579. The number of hydrogen-bond donors (Lipinski definition) is 1. The van der Waals surface area contributed by atoms with Crippen molar-refractivity contribution in [2.45, 2.75) is 58.2 Å². The van der Waals surface area contributed by atoms with Crippen LogP contribution in [0.5, 0.6) is 0 Å². The van der Waals surface area contributed by atoms with Crippen LogP contribution < -0.4 is 5.56 Å². The highest BCUT2D eigenvalue weighted by Gasteiger charge is 2.40. The molecule has 1 aliphatic heterocycles. The van der Waals surface area contributed by atoms with E-state index in [2.05, 4.69) is 10.1 Å². The van der Waals surface area contributed by atoms with Crippen molar-refractivity contribution in [2.75, 3.05) is 13.2 Å². The standard InChI is InChI=1S/C19H21F6N5O3/c1-3-12-16(19(23,24)25)30-6-5-29(9-14(30)26-12)15(31)4-7-33-10(2)13-8-11(18(20,21)22)17(32)28-27-13/h8,10H,3-7,9H2,1-2H3,(H,28,32). The largest absolute Gasteiger partial charge is 0.433 e. The molecule has 0 spiro atoms. The van der Waals surface area contributed by atoms with Crippen LogP contribution in [0.15, 0.2) is 10.9 Å². The molecule has 8 nitrogen and oxygen atoms in total. The number of rotatable bonds is 6. The number of amides is 1. The Kier molecular flexibility index (Phi) is 6.86. The van der Waals surface area contributed by atoms with Gasteiger partial charge in [0.15, 0.2) is 0 Å². The van der Waals surface area contributed by atoms with Crippen LogP contribution in [-0.2, 0) is 41.4 Å². The first-order valence-corrected chi connectivity index (χ1v) is 10.0. The summed E-state index contributed by atoms with van der Waals surface area (Å²) in [5, 5.41) is 5.31. The zero-order chi connectivity index (χ0) is 24.6. The van der Waals surface area contributed by atoms with E-state index >= 15 is 0 Å². The second kappa shape index (κ2) is 9.15. The van der Waals surface area contributed by atoms with Crippen LogP contribution in [0, 0.1) is 0 Å². The lowest BCUT2D eigenvalue weighted by Gasteiger charge is -2.29. The van der Waals surface area contributed by atoms with Crippen LogP contribution in [0.25, 0.3) is 0 Å². The molecule has 0 radical (unpaired) electrons. The summed E-state index contributed by atoms with van der Waals surface area (Å²) in [6.07, 6.45) is -10.4. The van der Waals surface area contributed by atoms with Gasteiger partial charge in [0.2, 0.25) is 5.91 Å². The first kappa shape index (κ1) is 24.7. The fourth-order valence-corrected chi connectivity index (χ4v) is 3.57. The van der Waals surface area contributed by atoms with Gasteiger partial charge >= 0.3 is 12.4 Å². The number of imidazole rings is 1. The maximum absolute atomic E-state index is 13.4. The Balaban J connectivity index is 1.60. The number of nitrogens with zero attached hydrogens (tertiary/aromatic N) is 4. The average molecular weight is 481 g/mol. The highest BCUT2D eigenvalue weighted by molar-refractivity contribution is 5.76. The molecule has 0 aliphatic carbocycles. The van der Waals surface area contributed by atoms with Gasteiger partial charge in [0.05, 0.1) is 37.1 Å². The molecule has 1 amide bonds. The molecule has 2 aromatic heterocycles. The molecule has 2 aromatic rings. The average Bonchev–Trinajstić information content (AvgIpc) is 3.11. The number of aromatic amines is 1. The van der Waals surface area contributed by atoms with Crippen LogP contribution in [0.4, 0.5) is 26.3 Å². The molecule has 0 bridgehead atoms. The Bertz CT molecular complexity index is 1080. The predicted molar refractivity (Wildman–Crippen MR) is 101 cm³/mol. The van der Waals surface area contributed by atoms with Gasteiger partial charge in [-0.25, -0.2) is 10.1 Å². The summed E-state index contributed by atoms with van der Waals surface area (Å²) in [5.41, 5.74) is -3.82. The third kappa shape index (κ3) is 5.37. The summed E-state index contributed by atoms with van der Waals surface area (Å²) in [6.45, 7) is 2.73. The minimum atomic E-state index is -4.86. The second-order valence-corrected chi connectivity index (χ2v) is 7.44. The normalized spacial score (nSPS) is 15.5. The monoisotopic (exact) mass is 481 g/mol. The quantitative estimate of drug-likeness (QED) is 0.641. The smallest absolute Gasteiger partial charge is 0.372 e. The van der Waals surface area contributed by atoms with Gasteiger partial charge in [0.25, 0.3) is 5.56 Å². The number of carbonyl (C=O) groups is 1. The number of aromatic nitrogens is 4. The molecule has 33 heavy (non-hydrogen) atoms. The highest BCUT2D eigenvalue weighted by Crippen LogP contribution is 2.34. The van der Waals surface area contributed by atoms with Gasteiger partial charge in [0.1, 0.15) is 17.1 Å². The molecule has 0 saturated carbocycles. The van der Waals surface area contributed by atoms with Crippen LogP contribution in [0.3, 0.4) is 0 Å². The Labute approximate surface area is 183 Å². The molecule has 0 fully saturated rings. The second-order valence-electron chi connectivity index (χ2n) is 7.44. The molecule has 3 heterocycles. The van der Waals surface area contributed by atoms with Crippen LogP contribution >= 0.6 is 0 Å². The van der Waals surface area contributed by atoms with Gasteiger partial charge in [-0.15, -0.1) is 0 Å². The van der Waals surface area contributed by atoms with E-state index in [0.717, 1.165) is 4.57 Å². The zero-order valence-electron chi connectivity index (χ0n) is 17.7. The Morgan fingerprint density at radius 2 is 1.91 bits per heavy atom. The molecule has 1 aliphatic rings. The fourth-order valence-electron chi connectivity index (χ4n) is 3.57. The first-order valence-electron chi connectivity index (χ1n) is 10.0. The summed E-state index contributed by atoms with van der Waals surface area (Å²) in [6, 6.07) is 0.583. The SMILES string of the molecule is CCc1nc2n(c1C(F)(F)F)CCN(C(=O)CCOC(C)c1cc(C(F)(F)F)c(=O)[nH]n1)C2. The van der Waals surface area contributed by atoms with Crippen molar-refractivity contribution in [1.29, 1.82) is 0 Å². The van der Waals surface area contributed by atoms with E-state index in [1.54, 1.807) is 12.0 Å². The lowest BCUT2D eigenvalue weighted by Crippen LogP contribution is -2.39. The van der Waals surface area contributed by atoms with Crippen LogP contribution in [0.2, 0.25) is 0 Å². The first-order chi connectivity index (χ1) is 15.3. The van der Waals surface area contributed by atoms with Gasteiger partial charge in [-0.2, -0.15) is 31.4 Å². The minimum absolute atomic E-state index is 0.0539. The molecular formula is C19H21F6N5O3. The Morgan fingerprint density at radius 1 is 1.21 bits per heavy atom. The number of aryl methyl sites for hydroxylation is 1. The zero-order valence-corrected chi connectivity index (χ0v) is 17.7. The number of alkyl halides is 6. The van der Waals surface area contributed by atoms with Gasteiger partial charge in [-0.1, -0.05) is 6.92 Å². The van der Waals surface area contributed by atoms with Crippen LogP contribution in [0.1, 0.15) is 54.8 Å². The van der Waals surface area contributed by atoms with Crippen molar-refractivity contribution in [3.05, 3.63) is 44.9 Å². The summed E-state index contributed by atoms with van der Waals surface area (Å²) >= 11 is 0. The molecule has 182 valence electrons. The molecule has 1 N–H and O–H groups in total. The number of carbonyl (C=O) groups excluding carboxylic acids is 1. The van der Waals surface area contributed by atoms with Crippen molar-refractivity contribution in [1.82, 2.24) is 24.6 Å². The summed E-state index contributed by atoms with van der Waals surface area (Å²) in [5.74, 6) is -0.251. The summed E-state index contributed by atoms with van der Waals surface area (Å²) < 4.78 is 85.2. The Morgan fingerprint density at radius 3 is 2.52 bits per heavy atom. The van der Waals surface area contributed by atoms with Gasteiger partial charge < -0.3 is 14.2 Å². The molecule has 1 unspecified atom stereocenters. The maximum atomic E-state index is 13.4. The van der Waals surface area contributed by atoms with E-state index in [1.165, 1.54) is 11.8 Å². The molecule has 14 heteroatoms. The van der Waals surface area contributed by atoms with Crippen molar-refractivity contribution >= 4 is 5.91 Å². The maximum Gasteiger partial charge on any atom is 0.433 e. The number of hydrogen-bond acceptors (Lipinski definition) is 5. The number of H-pyrrole nitrogens is 1. The number of fused-ring (bicyclic) bond motifs is 1. The van der Waals surface area contributed by atoms with E-state index < -0.39 is 41.2 Å². The molecule has 3 rings (SSSR count). The highest BCUT2D eigenvalue weighted by atomic mass is 19.4. The number of halogens is 6. The van der Waals surface area contributed by atoms with E-state index in [-0.39, 0.29) is 56.3 Å². The lowest BCUT2D eigenvalue weighted by atomic mass is 10.2.